The molecule has 0 aromatic heterocycles. The first-order valence-electron chi connectivity index (χ1n) is 7.43. The summed E-state index contributed by atoms with van der Waals surface area (Å²) in [6, 6.07) is 11.1. The lowest BCUT2D eigenvalue weighted by Gasteiger charge is -2.24. The molecule has 3 atom stereocenters. The SMILES string of the molecule is NC(CN1CCC(c2ccccc2)C1)C1CCOC1. The highest BCUT2D eigenvalue weighted by atomic mass is 16.5. The van der Waals surface area contributed by atoms with E-state index in [1.54, 1.807) is 0 Å². The lowest BCUT2D eigenvalue weighted by molar-refractivity contribution is 0.174. The average molecular weight is 260 g/mol. The molecular weight excluding hydrogens is 236 g/mol. The van der Waals surface area contributed by atoms with Crippen LogP contribution >= 0.6 is 0 Å². The Morgan fingerprint density at radius 3 is 2.84 bits per heavy atom. The predicted molar refractivity (Wildman–Crippen MR) is 77.1 cm³/mol. The maximum atomic E-state index is 6.32. The first-order valence-corrected chi connectivity index (χ1v) is 7.43. The summed E-state index contributed by atoms with van der Waals surface area (Å²) in [5, 5.41) is 0. The predicted octanol–water partition coefficient (Wildman–Crippen LogP) is 1.84. The molecule has 0 radical (unpaired) electrons. The van der Waals surface area contributed by atoms with Crippen molar-refractivity contribution in [2.45, 2.75) is 24.8 Å². The van der Waals surface area contributed by atoms with E-state index in [1.165, 1.54) is 18.5 Å². The molecule has 2 fully saturated rings. The Morgan fingerprint density at radius 1 is 1.26 bits per heavy atom. The van der Waals surface area contributed by atoms with Gasteiger partial charge in [0.15, 0.2) is 0 Å². The molecule has 0 aliphatic carbocycles. The fourth-order valence-electron chi connectivity index (χ4n) is 3.33. The minimum absolute atomic E-state index is 0.275. The van der Waals surface area contributed by atoms with Crippen LogP contribution in [-0.2, 0) is 4.74 Å². The van der Waals surface area contributed by atoms with Gasteiger partial charge in [0.25, 0.3) is 0 Å². The molecule has 2 aliphatic heterocycles. The first-order chi connectivity index (χ1) is 9.33. The molecule has 0 bridgehead atoms. The fourth-order valence-corrected chi connectivity index (χ4v) is 3.33. The van der Waals surface area contributed by atoms with E-state index in [0.29, 0.717) is 11.8 Å². The van der Waals surface area contributed by atoms with Crippen molar-refractivity contribution in [1.82, 2.24) is 4.90 Å². The Kier molecular flexibility index (Phi) is 4.16. The van der Waals surface area contributed by atoms with Gasteiger partial charge in [-0.2, -0.15) is 0 Å². The van der Waals surface area contributed by atoms with E-state index < -0.39 is 0 Å². The van der Waals surface area contributed by atoms with Crippen LogP contribution in [0.15, 0.2) is 30.3 Å². The van der Waals surface area contributed by atoms with Gasteiger partial charge in [0.2, 0.25) is 0 Å². The van der Waals surface area contributed by atoms with Gasteiger partial charge in [-0.15, -0.1) is 0 Å². The number of rotatable bonds is 4. The molecule has 2 heterocycles. The van der Waals surface area contributed by atoms with Crippen LogP contribution in [0.1, 0.15) is 24.3 Å². The zero-order chi connectivity index (χ0) is 13.1. The van der Waals surface area contributed by atoms with Crippen molar-refractivity contribution in [3.8, 4) is 0 Å². The molecule has 1 aromatic carbocycles. The zero-order valence-electron chi connectivity index (χ0n) is 11.5. The van der Waals surface area contributed by atoms with Crippen molar-refractivity contribution in [3.63, 3.8) is 0 Å². The van der Waals surface area contributed by atoms with Crippen molar-refractivity contribution in [2.24, 2.45) is 11.7 Å². The molecule has 1 aromatic rings. The highest BCUT2D eigenvalue weighted by Gasteiger charge is 2.28. The molecule has 3 unspecified atom stereocenters. The number of likely N-dealkylation sites (tertiary alicyclic amines) is 1. The lowest BCUT2D eigenvalue weighted by Crippen LogP contribution is -2.41. The van der Waals surface area contributed by atoms with Crippen LogP contribution in [0.4, 0.5) is 0 Å². The van der Waals surface area contributed by atoms with Crippen LogP contribution in [0.25, 0.3) is 0 Å². The van der Waals surface area contributed by atoms with Gasteiger partial charge < -0.3 is 15.4 Å². The molecule has 2 aliphatic rings. The second-order valence-corrected chi connectivity index (χ2v) is 5.94. The smallest absolute Gasteiger partial charge is 0.0510 e. The third-order valence-corrected chi connectivity index (χ3v) is 4.58. The summed E-state index contributed by atoms with van der Waals surface area (Å²) in [5.74, 6) is 1.25. The van der Waals surface area contributed by atoms with Gasteiger partial charge in [-0.05, 0) is 30.9 Å². The van der Waals surface area contributed by atoms with Gasteiger partial charge in [-0.3, -0.25) is 0 Å². The number of nitrogens with zero attached hydrogens (tertiary/aromatic N) is 1. The van der Waals surface area contributed by atoms with Gasteiger partial charge in [-0.1, -0.05) is 30.3 Å². The van der Waals surface area contributed by atoms with Gasteiger partial charge in [-0.25, -0.2) is 0 Å². The van der Waals surface area contributed by atoms with Crippen molar-refractivity contribution in [1.29, 1.82) is 0 Å². The van der Waals surface area contributed by atoms with Crippen molar-refractivity contribution in [3.05, 3.63) is 35.9 Å². The van der Waals surface area contributed by atoms with Crippen molar-refractivity contribution >= 4 is 0 Å². The quantitative estimate of drug-likeness (QED) is 0.898. The summed E-state index contributed by atoms with van der Waals surface area (Å²) in [6.07, 6.45) is 2.40. The Balaban J connectivity index is 1.51. The van der Waals surface area contributed by atoms with Crippen LogP contribution in [0, 0.1) is 5.92 Å². The van der Waals surface area contributed by atoms with Crippen LogP contribution in [0.5, 0.6) is 0 Å². The Hall–Kier alpha value is -0.900. The van der Waals surface area contributed by atoms with E-state index in [0.717, 1.165) is 32.7 Å². The molecule has 3 nitrogen and oxygen atoms in total. The monoisotopic (exact) mass is 260 g/mol. The molecule has 0 amide bonds. The van der Waals surface area contributed by atoms with E-state index in [4.69, 9.17) is 10.5 Å². The molecule has 3 rings (SSSR count). The van der Waals surface area contributed by atoms with E-state index in [-0.39, 0.29) is 6.04 Å². The van der Waals surface area contributed by atoms with E-state index in [2.05, 4.69) is 35.2 Å². The Labute approximate surface area is 115 Å². The minimum Gasteiger partial charge on any atom is -0.381 e. The van der Waals surface area contributed by atoms with Gasteiger partial charge in [0.1, 0.15) is 0 Å². The average Bonchev–Trinajstić information content (AvgIpc) is 3.11. The second kappa shape index (κ2) is 6.04. The highest BCUT2D eigenvalue weighted by Crippen LogP contribution is 2.27. The summed E-state index contributed by atoms with van der Waals surface area (Å²) >= 11 is 0. The third-order valence-electron chi connectivity index (χ3n) is 4.58. The fraction of sp³-hybridized carbons (Fsp3) is 0.625. The van der Waals surface area contributed by atoms with Crippen molar-refractivity contribution in [2.75, 3.05) is 32.8 Å². The Bertz CT molecular complexity index is 389. The second-order valence-electron chi connectivity index (χ2n) is 5.94. The molecule has 104 valence electrons. The van der Waals surface area contributed by atoms with Crippen LogP contribution in [0.2, 0.25) is 0 Å². The molecule has 0 saturated carbocycles. The number of benzene rings is 1. The molecule has 19 heavy (non-hydrogen) atoms. The standard InChI is InChI=1S/C16H24N2O/c17-16(15-7-9-19-12-15)11-18-8-6-14(10-18)13-4-2-1-3-5-13/h1-5,14-16H,6-12,17H2. The first kappa shape index (κ1) is 13.1. The zero-order valence-corrected chi connectivity index (χ0v) is 11.5. The maximum absolute atomic E-state index is 6.32. The summed E-state index contributed by atoms with van der Waals surface area (Å²) < 4.78 is 5.43. The number of hydrogen-bond acceptors (Lipinski definition) is 3. The van der Waals surface area contributed by atoms with Crippen LogP contribution < -0.4 is 5.73 Å². The molecule has 2 N–H and O–H groups in total. The molecule has 2 saturated heterocycles. The highest BCUT2D eigenvalue weighted by molar-refractivity contribution is 5.21. The van der Waals surface area contributed by atoms with Crippen LogP contribution in [-0.4, -0.2) is 43.8 Å². The number of nitrogens with two attached hydrogens (primary N) is 1. The van der Waals surface area contributed by atoms with E-state index in [9.17, 15) is 0 Å². The lowest BCUT2D eigenvalue weighted by atomic mass is 9.98. The van der Waals surface area contributed by atoms with E-state index in [1.807, 2.05) is 0 Å². The van der Waals surface area contributed by atoms with Gasteiger partial charge >= 0.3 is 0 Å². The molecule has 3 heteroatoms. The Morgan fingerprint density at radius 2 is 2.11 bits per heavy atom. The van der Waals surface area contributed by atoms with Crippen molar-refractivity contribution < 1.29 is 4.74 Å². The summed E-state index contributed by atoms with van der Waals surface area (Å²) in [6.45, 7) is 5.12. The largest absolute Gasteiger partial charge is 0.381 e. The molecular formula is C16H24N2O. The van der Waals surface area contributed by atoms with Crippen LogP contribution in [0.3, 0.4) is 0 Å². The summed E-state index contributed by atoms with van der Waals surface area (Å²) in [7, 11) is 0. The number of ether oxygens (including phenoxy) is 1. The summed E-state index contributed by atoms with van der Waals surface area (Å²) in [5.41, 5.74) is 7.80. The van der Waals surface area contributed by atoms with Gasteiger partial charge in [0.05, 0.1) is 6.61 Å². The van der Waals surface area contributed by atoms with Gasteiger partial charge in [0, 0.05) is 31.7 Å². The molecule has 0 spiro atoms. The number of hydrogen-bond donors (Lipinski definition) is 1. The third kappa shape index (κ3) is 3.16. The topological polar surface area (TPSA) is 38.5 Å². The summed E-state index contributed by atoms with van der Waals surface area (Å²) in [4.78, 5) is 2.53. The maximum Gasteiger partial charge on any atom is 0.0510 e. The van der Waals surface area contributed by atoms with E-state index >= 15 is 0 Å². The minimum atomic E-state index is 0.275. The normalized spacial score (nSPS) is 29.7.